The smallest absolute Gasteiger partial charge is 0.126 e. The summed E-state index contributed by atoms with van der Waals surface area (Å²) in [5, 5.41) is 14.2. The van der Waals surface area contributed by atoms with E-state index in [0.717, 1.165) is 44.7 Å². The summed E-state index contributed by atoms with van der Waals surface area (Å²) >= 11 is 0. The van der Waals surface area contributed by atoms with Gasteiger partial charge in [-0.3, -0.25) is 0 Å². The molecule has 0 unspecified atom stereocenters. The highest BCUT2D eigenvalue weighted by atomic mass is 16.5. The third-order valence-electron chi connectivity index (χ3n) is 4.70. The van der Waals surface area contributed by atoms with Gasteiger partial charge in [0.05, 0.1) is 12.2 Å². The van der Waals surface area contributed by atoms with Gasteiger partial charge >= 0.3 is 0 Å². The van der Waals surface area contributed by atoms with Crippen LogP contribution in [0.5, 0.6) is 5.75 Å². The Morgan fingerprint density at radius 1 is 1.48 bits per heavy atom. The van der Waals surface area contributed by atoms with E-state index in [2.05, 4.69) is 42.4 Å². The number of hydrogen-bond acceptors (Lipinski definition) is 4. The summed E-state index contributed by atoms with van der Waals surface area (Å²) in [7, 11) is 2.07. The SMILES string of the molecule is Cc1cccc2c1OCCC[C@H]2NC[C@@]1(O)CCN(C)C1. The van der Waals surface area contributed by atoms with Crippen LogP contribution in [-0.4, -0.2) is 48.9 Å². The molecule has 0 aromatic heterocycles. The number of nitrogens with one attached hydrogen (secondary N) is 1. The third kappa shape index (κ3) is 3.23. The molecule has 2 aliphatic heterocycles. The maximum atomic E-state index is 10.6. The van der Waals surface area contributed by atoms with Crippen molar-refractivity contribution in [2.45, 2.75) is 37.8 Å². The molecule has 1 aromatic rings. The number of fused-ring (bicyclic) bond motifs is 1. The monoisotopic (exact) mass is 290 g/mol. The molecule has 116 valence electrons. The van der Waals surface area contributed by atoms with Crippen molar-refractivity contribution < 1.29 is 9.84 Å². The molecule has 3 rings (SSSR count). The number of aryl methyl sites for hydroxylation is 1. The largest absolute Gasteiger partial charge is 0.493 e. The van der Waals surface area contributed by atoms with Crippen LogP contribution in [0.3, 0.4) is 0 Å². The Balaban J connectivity index is 1.73. The van der Waals surface area contributed by atoms with Crippen molar-refractivity contribution in [3.8, 4) is 5.75 Å². The number of para-hydroxylation sites is 1. The predicted octanol–water partition coefficient (Wildman–Crippen LogP) is 1.86. The quantitative estimate of drug-likeness (QED) is 0.892. The van der Waals surface area contributed by atoms with E-state index < -0.39 is 5.60 Å². The van der Waals surface area contributed by atoms with E-state index in [9.17, 15) is 5.11 Å². The zero-order valence-electron chi connectivity index (χ0n) is 13.1. The summed E-state index contributed by atoms with van der Waals surface area (Å²) in [6, 6.07) is 6.61. The van der Waals surface area contributed by atoms with Gasteiger partial charge in [0.2, 0.25) is 0 Å². The van der Waals surface area contributed by atoms with Crippen molar-refractivity contribution in [3.05, 3.63) is 29.3 Å². The summed E-state index contributed by atoms with van der Waals surface area (Å²) in [5.74, 6) is 1.03. The van der Waals surface area contributed by atoms with Crippen molar-refractivity contribution in [2.24, 2.45) is 0 Å². The second-order valence-corrected chi connectivity index (χ2v) is 6.63. The first-order valence-electron chi connectivity index (χ1n) is 7.94. The lowest BCUT2D eigenvalue weighted by Gasteiger charge is -2.27. The van der Waals surface area contributed by atoms with Gasteiger partial charge in [0.1, 0.15) is 5.75 Å². The zero-order chi connectivity index (χ0) is 14.9. The molecule has 21 heavy (non-hydrogen) atoms. The van der Waals surface area contributed by atoms with Gasteiger partial charge in [-0.15, -0.1) is 0 Å². The Morgan fingerprint density at radius 2 is 2.33 bits per heavy atom. The second-order valence-electron chi connectivity index (χ2n) is 6.63. The highest BCUT2D eigenvalue weighted by molar-refractivity contribution is 5.43. The van der Waals surface area contributed by atoms with Gasteiger partial charge in [0.25, 0.3) is 0 Å². The zero-order valence-corrected chi connectivity index (χ0v) is 13.1. The number of aliphatic hydroxyl groups is 1. The van der Waals surface area contributed by atoms with Crippen LogP contribution in [-0.2, 0) is 0 Å². The fourth-order valence-corrected chi connectivity index (χ4v) is 3.49. The summed E-state index contributed by atoms with van der Waals surface area (Å²) < 4.78 is 5.91. The molecule has 1 fully saturated rings. The maximum absolute atomic E-state index is 10.6. The molecule has 2 atom stereocenters. The first-order chi connectivity index (χ1) is 10.1. The van der Waals surface area contributed by atoms with Gasteiger partial charge in [-0.2, -0.15) is 0 Å². The van der Waals surface area contributed by atoms with Crippen molar-refractivity contribution in [1.82, 2.24) is 10.2 Å². The highest BCUT2D eigenvalue weighted by Crippen LogP contribution is 2.34. The average molecular weight is 290 g/mol. The lowest BCUT2D eigenvalue weighted by atomic mass is 9.97. The van der Waals surface area contributed by atoms with E-state index in [4.69, 9.17) is 4.74 Å². The van der Waals surface area contributed by atoms with Crippen LogP contribution in [0.15, 0.2) is 18.2 Å². The van der Waals surface area contributed by atoms with Crippen molar-refractivity contribution >= 4 is 0 Å². The number of nitrogens with zero attached hydrogens (tertiary/aromatic N) is 1. The van der Waals surface area contributed by atoms with E-state index >= 15 is 0 Å². The molecule has 0 spiro atoms. The van der Waals surface area contributed by atoms with Crippen LogP contribution < -0.4 is 10.1 Å². The molecule has 1 aromatic carbocycles. The van der Waals surface area contributed by atoms with Crippen LogP contribution in [0.4, 0.5) is 0 Å². The molecule has 0 radical (unpaired) electrons. The average Bonchev–Trinajstić information content (AvgIpc) is 2.68. The minimum Gasteiger partial charge on any atom is -0.493 e. The Labute approximate surface area is 127 Å². The molecule has 0 aliphatic carbocycles. The highest BCUT2D eigenvalue weighted by Gasteiger charge is 2.35. The number of rotatable bonds is 3. The van der Waals surface area contributed by atoms with E-state index in [0.29, 0.717) is 6.54 Å². The number of hydrogen-bond donors (Lipinski definition) is 2. The van der Waals surface area contributed by atoms with Crippen molar-refractivity contribution in [2.75, 3.05) is 33.3 Å². The lowest BCUT2D eigenvalue weighted by molar-refractivity contribution is 0.0486. The molecule has 4 heteroatoms. The normalized spacial score (nSPS) is 29.8. The van der Waals surface area contributed by atoms with Crippen LogP contribution in [0.25, 0.3) is 0 Å². The third-order valence-corrected chi connectivity index (χ3v) is 4.70. The summed E-state index contributed by atoms with van der Waals surface area (Å²) in [6.07, 6.45) is 2.95. The van der Waals surface area contributed by atoms with E-state index in [1.165, 1.54) is 11.1 Å². The molecule has 2 aliphatic rings. The molecule has 2 heterocycles. The first-order valence-corrected chi connectivity index (χ1v) is 7.94. The Hall–Kier alpha value is -1.10. The number of ether oxygens (including phenoxy) is 1. The standard InChI is InChI=1S/C17H26N2O2/c1-13-5-3-6-14-15(7-4-10-21-16(13)14)18-11-17(20)8-9-19(2)12-17/h3,5-6,15,18,20H,4,7-12H2,1-2H3/t15-,17+/m1/s1. The number of likely N-dealkylation sites (tertiary alicyclic amines) is 1. The Bertz CT molecular complexity index is 506. The molecular formula is C17H26N2O2. The van der Waals surface area contributed by atoms with Crippen LogP contribution in [0.2, 0.25) is 0 Å². The Kier molecular flexibility index (Phi) is 4.20. The van der Waals surface area contributed by atoms with Gasteiger partial charge in [0.15, 0.2) is 0 Å². The summed E-state index contributed by atoms with van der Waals surface area (Å²) in [5.41, 5.74) is 1.84. The molecular weight excluding hydrogens is 264 g/mol. The lowest BCUT2D eigenvalue weighted by Crippen LogP contribution is -2.43. The van der Waals surface area contributed by atoms with Gasteiger partial charge in [-0.1, -0.05) is 18.2 Å². The minimum atomic E-state index is -0.591. The van der Waals surface area contributed by atoms with Gasteiger partial charge < -0.3 is 20.1 Å². The van der Waals surface area contributed by atoms with Crippen molar-refractivity contribution in [1.29, 1.82) is 0 Å². The number of likely N-dealkylation sites (N-methyl/N-ethyl adjacent to an activating group) is 1. The number of β-amino-alcohol motifs (C(OH)–C–C–N with tert-alkyl or cyclic N) is 1. The fourth-order valence-electron chi connectivity index (χ4n) is 3.49. The first kappa shape index (κ1) is 14.8. The molecule has 4 nitrogen and oxygen atoms in total. The van der Waals surface area contributed by atoms with Gasteiger partial charge in [0, 0.05) is 31.2 Å². The van der Waals surface area contributed by atoms with E-state index in [1.807, 2.05) is 0 Å². The maximum Gasteiger partial charge on any atom is 0.126 e. The Morgan fingerprint density at radius 3 is 3.10 bits per heavy atom. The molecule has 1 saturated heterocycles. The summed E-state index contributed by atoms with van der Waals surface area (Å²) in [6.45, 7) is 5.25. The van der Waals surface area contributed by atoms with Crippen molar-refractivity contribution in [3.63, 3.8) is 0 Å². The molecule has 0 bridgehead atoms. The minimum absolute atomic E-state index is 0.275. The van der Waals surface area contributed by atoms with Crippen LogP contribution in [0.1, 0.15) is 36.4 Å². The van der Waals surface area contributed by atoms with Gasteiger partial charge in [-0.05, 0) is 38.8 Å². The topological polar surface area (TPSA) is 44.7 Å². The second kappa shape index (κ2) is 5.95. The van der Waals surface area contributed by atoms with Gasteiger partial charge in [-0.25, -0.2) is 0 Å². The summed E-state index contributed by atoms with van der Waals surface area (Å²) in [4.78, 5) is 2.19. The number of benzene rings is 1. The van der Waals surface area contributed by atoms with E-state index in [1.54, 1.807) is 0 Å². The van der Waals surface area contributed by atoms with Crippen LogP contribution >= 0.6 is 0 Å². The fraction of sp³-hybridized carbons (Fsp3) is 0.647. The van der Waals surface area contributed by atoms with Crippen LogP contribution in [0, 0.1) is 6.92 Å². The molecule has 0 amide bonds. The van der Waals surface area contributed by atoms with E-state index in [-0.39, 0.29) is 6.04 Å². The molecule has 0 saturated carbocycles. The molecule has 2 N–H and O–H groups in total. The predicted molar refractivity (Wildman–Crippen MR) is 83.7 cm³/mol.